The van der Waals surface area contributed by atoms with E-state index in [1.807, 2.05) is 11.0 Å². The Balaban J connectivity index is 2.12. The van der Waals surface area contributed by atoms with Crippen LogP contribution in [0.2, 0.25) is 0 Å². The summed E-state index contributed by atoms with van der Waals surface area (Å²) < 4.78 is 1.86. The summed E-state index contributed by atoms with van der Waals surface area (Å²) in [6.07, 6.45) is 6.26. The highest BCUT2D eigenvalue weighted by atomic mass is 16.1. The van der Waals surface area contributed by atoms with E-state index in [9.17, 15) is 4.79 Å². The Hall–Kier alpha value is -1.16. The molecule has 0 aliphatic carbocycles. The lowest BCUT2D eigenvalue weighted by molar-refractivity contribution is 0.382. The van der Waals surface area contributed by atoms with Gasteiger partial charge in [-0.2, -0.15) is 5.10 Å². The molecule has 1 saturated heterocycles. The molecule has 1 unspecified atom stereocenters. The lowest BCUT2D eigenvalue weighted by Gasteiger charge is -2.10. The van der Waals surface area contributed by atoms with Crippen molar-refractivity contribution in [2.24, 2.45) is 0 Å². The van der Waals surface area contributed by atoms with Gasteiger partial charge in [0, 0.05) is 12.7 Å². The van der Waals surface area contributed by atoms with Gasteiger partial charge in [0.25, 0.3) is 0 Å². The predicted molar refractivity (Wildman–Crippen MR) is 48.2 cm³/mol. The van der Waals surface area contributed by atoms with Gasteiger partial charge in [-0.25, -0.2) is 0 Å². The average Bonchev–Trinajstić information content (AvgIpc) is 2.71. The van der Waals surface area contributed by atoms with E-state index in [-0.39, 0.29) is 0 Å². The Morgan fingerprint density at radius 2 is 2.54 bits per heavy atom. The van der Waals surface area contributed by atoms with E-state index >= 15 is 0 Å². The van der Waals surface area contributed by atoms with E-state index in [0.29, 0.717) is 11.6 Å². The minimum Gasteiger partial charge on any atom is -0.304 e. The number of aromatic nitrogens is 2. The summed E-state index contributed by atoms with van der Waals surface area (Å²) in [5, 5.41) is 4.13. The minimum atomic E-state index is 0.423. The highest BCUT2D eigenvalue weighted by Crippen LogP contribution is 2.19. The molecule has 0 N–H and O–H groups in total. The van der Waals surface area contributed by atoms with E-state index in [2.05, 4.69) is 17.0 Å². The molecule has 4 nitrogen and oxygen atoms in total. The van der Waals surface area contributed by atoms with Crippen LogP contribution < -0.4 is 0 Å². The van der Waals surface area contributed by atoms with Gasteiger partial charge in [0.1, 0.15) is 0 Å². The predicted octanol–water partition coefficient (Wildman–Crippen LogP) is 0.218. The first-order chi connectivity index (χ1) is 6.29. The third-order valence-electron chi connectivity index (χ3n) is 2.46. The zero-order valence-electron chi connectivity index (χ0n) is 7.60. The van der Waals surface area contributed by atoms with Gasteiger partial charge >= 0.3 is 0 Å². The first kappa shape index (κ1) is 8.44. The Bertz CT molecular complexity index is 308. The van der Waals surface area contributed by atoms with Gasteiger partial charge in [0.2, 0.25) is 6.29 Å². The normalized spacial score (nSPS) is 23.6. The Labute approximate surface area is 77.1 Å². The zero-order chi connectivity index (χ0) is 9.26. The average molecular weight is 178 g/mol. The lowest BCUT2D eigenvalue weighted by Crippen LogP contribution is -2.16. The van der Waals surface area contributed by atoms with Crippen molar-refractivity contribution in [1.29, 1.82) is 0 Å². The second-order valence-corrected chi connectivity index (χ2v) is 3.52. The zero-order valence-corrected chi connectivity index (χ0v) is 7.60. The molecule has 1 aliphatic heterocycles. The monoisotopic (exact) mass is 178 g/mol. The standard InChI is InChI=1S/C9H12N3O/c1-11-3-2-9(6-11)12-5-8(7-13)4-10-12/h4-5,9H,2-3,6H2,1H3. The summed E-state index contributed by atoms with van der Waals surface area (Å²) in [6.45, 7) is 2.12. The van der Waals surface area contributed by atoms with Crippen molar-refractivity contribution in [3.05, 3.63) is 18.0 Å². The van der Waals surface area contributed by atoms with Gasteiger partial charge in [-0.1, -0.05) is 0 Å². The van der Waals surface area contributed by atoms with E-state index in [0.717, 1.165) is 19.5 Å². The molecule has 1 aromatic heterocycles. The first-order valence-electron chi connectivity index (χ1n) is 4.40. The number of hydrogen-bond donors (Lipinski definition) is 0. The minimum absolute atomic E-state index is 0.423. The molecule has 69 valence electrons. The van der Waals surface area contributed by atoms with Crippen LogP contribution in [0, 0.1) is 0 Å². The van der Waals surface area contributed by atoms with E-state index in [4.69, 9.17) is 0 Å². The molecule has 0 spiro atoms. The third kappa shape index (κ3) is 1.62. The number of carbonyl (C=O) groups excluding carboxylic acids is 1. The number of likely N-dealkylation sites (tertiary alicyclic amines) is 1. The summed E-state index contributed by atoms with van der Waals surface area (Å²) in [7, 11) is 2.09. The fraction of sp³-hybridized carbons (Fsp3) is 0.556. The molecule has 13 heavy (non-hydrogen) atoms. The molecule has 1 atom stereocenters. The van der Waals surface area contributed by atoms with Crippen LogP contribution in [0.1, 0.15) is 18.0 Å². The molecular formula is C9H12N3O. The largest absolute Gasteiger partial charge is 0.304 e. The van der Waals surface area contributed by atoms with Gasteiger partial charge in [-0.05, 0) is 20.0 Å². The van der Waals surface area contributed by atoms with Crippen LogP contribution in [0.15, 0.2) is 12.4 Å². The second-order valence-electron chi connectivity index (χ2n) is 3.52. The maximum atomic E-state index is 10.3. The molecule has 4 heteroatoms. The van der Waals surface area contributed by atoms with Gasteiger partial charge in [0.15, 0.2) is 0 Å². The Morgan fingerprint density at radius 1 is 1.69 bits per heavy atom. The van der Waals surface area contributed by atoms with Crippen molar-refractivity contribution in [3.8, 4) is 0 Å². The van der Waals surface area contributed by atoms with Crippen molar-refractivity contribution in [1.82, 2.24) is 14.7 Å². The summed E-state index contributed by atoms with van der Waals surface area (Å²) in [6, 6.07) is 0.423. The maximum absolute atomic E-state index is 10.3. The summed E-state index contributed by atoms with van der Waals surface area (Å²) in [5.41, 5.74) is 0.537. The molecule has 1 radical (unpaired) electrons. The molecule has 0 aromatic carbocycles. The Kier molecular flexibility index (Phi) is 2.14. The topological polar surface area (TPSA) is 38.1 Å². The van der Waals surface area contributed by atoms with Gasteiger partial charge in [0.05, 0.1) is 17.8 Å². The molecule has 0 amide bonds. The van der Waals surface area contributed by atoms with E-state index in [1.165, 1.54) is 0 Å². The van der Waals surface area contributed by atoms with E-state index < -0.39 is 0 Å². The Morgan fingerprint density at radius 3 is 3.08 bits per heavy atom. The first-order valence-corrected chi connectivity index (χ1v) is 4.40. The smallest absolute Gasteiger partial charge is 0.236 e. The van der Waals surface area contributed by atoms with Crippen LogP contribution in [-0.2, 0) is 4.79 Å². The molecule has 2 heterocycles. The van der Waals surface area contributed by atoms with Crippen molar-refractivity contribution in [2.75, 3.05) is 20.1 Å². The SMILES string of the molecule is CN1CCC(n2cc([C]=O)cn2)C1. The molecule has 1 aromatic rings. The molecular weight excluding hydrogens is 166 g/mol. The van der Waals surface area contributed by atoms with Crippen molar-refractivity contribution in [3.63, 3.8) is 0 Å². The fourth-order valence-electron chi connectivity index (χ4n) is 1.72. The van der Waals surface area contributed by atoms with Crippen LogP contribution in [0.4, 0.5) is 0 Å². The van der Waals surface area contributed by atoms with Crippen LogP contribution in [0.25, 0.3) is 0 Å². The van der Waals surface area contributed by atoms with Crippen LogP contribution in [0.3, 0.4) is 0 Å². The fourth-order valence-corrected chi connectivity index (χ4v) is 1.72. The van der Waals surface area contributed by atoms with Crippen LogP contribution in [0.5, 0.6) is 0 Å². The number of likely N-dealkylation sites (N-methyl/N-ethyl adjacent to an activating group) is 1. The van der Waals surface area contributed by atoms with Crippen LogP contribution in [-0.4, -0.2) is 41.1 Å². The highest BCUT2D eigenvalue weighted by molar-refractivity contribution is 5.73. The third-order valence-corrected chi connectivity index (χ3v) is 2.46. The highest BCUT2D eigenvalue weighted by Gasteiger charge is 2.21. The molecule has 0 saturated carbocycles. The molecule has 2 rings (SSSR count). The van der Waals surface area contributed by atoms with E-state index in [1.54, 1.807) is 12.4 Å². The number of hydrogen-bond acceptors (Lipinski definition) is 3. The number of rotatable bonds is 2. The second kappa shape index (κ2) is 3.30. The molecule has 1 fully saturated rings. The molecule has 1 aliphatic rings. The maximum Gasteiger partial charge on any atom is 0.236 e. The van der Waals surface area contributed by atoms with Gasteiger partial charge in [-0.15, -0.1) is 0 Å². The van der Waals surface area contributed by atoms with Crippen molar-refractivity contribution >= 4 is 6.29 Å². The quantitative estimate of drug-likeness (QED) is 0.650. The van der Waals surface area contributed by atoms with Crippen LogP contribution >= 0.6 is 0 Å². The number of nitrogens with zero attached hydrogens (tertiary/aromatic N) is 3. The van der Waals surface area contributed by atoms with Gasteiger partial charge < -0.3 is 4.90 Å². The lowest BCUT2D eigenvalue weighted by atomic mass is 10.3. The molecule has 0 bridgehead atoms. The van der Waals surface area contributed by atoms with Crippen molar-refractivity contribution in [2.45, 2.75) is 12.5 Å². The van der Waals surface area contributed by atoms with Gasteiger partial charge in [-0.3, -0.25) is 9.48 Å². The summed E-state index contributed by atoms with van der Waals surface area (Å²) in [5.74, 6) is 0. The summed E-state index contributed by atoms with van der Waals surface area (Å²) in [4.78, 5) is 12.6. The van der Waals surface area contributed by atoms with Crippen molar-refractivity contribution < 1.29 is 4.79 Å². The summed E-state index contributed by atoms with van der Waals surface area (Å²) >= 11 is 0.